The monoisotopic (exact) mass is 368 g/mol. The summed E-state index contributed by atoms with van der Waals surface area (Å²) in [5.74, 6) is -0.164. The lowest BCUT2D eigenvalue weighted by atomic mass is 9.95. The average Bonchev–Trinajstić information content (AvgIpc) is 2.84. The number of allylic oxidation sites excluding steroid dienone is 1. The third kappa shape index (κ3) is 4.49. The molecular weight excluding hydrogens is 344 g/mol. The van der Waals surface area contributed by atoms with Crippen LogP contribution in [0.1, 0.15) is 25.3 Å². The van der Waals surface area contributed by atoms with E-state index in [-0.39, 0.29) is 29.1 Å². The lowest BCUT2D eigenvalue weighted by Crippen LogP contribution is -2.29. The molecule has 0 saturated heterocycles. The topological polar surface area (TPSA) is 115 Å². The van der Waals surface area contributed by atoms with Crippen LogP contribution in [0.4, 0.5) is 0 Å². The van der Waals surface area contributed by atoms with E-state index in [1.807, 2.05) is 6.92 Å². The number of hydrogen-bond donors (Lipinski definition) is 4. The molecule has 1 aromatic rings. The number of phenolic OH excluding ortho intramolecular Hbond substituents is 1. The number of aliphatic hydroxyl groups is 3. The Morgan fingerprint density at radius 1 is 1.32 bits per heavy atom. The summed E-state index contributed by atoms with van der Waals surface area (Å²) in [7, 11) is -3.58. The molecule has 138 valence electrons. The number of aliphatic hydroxyl groups excluding tert-OH is 3. The quantitative estimate of drug-likeness (QED) is 0.534. The summed E-state index contributed by atoms with van der Waals surface area (Å²) >= 11 is 0. The smallest absolute Gasteiger partial charge is 0.163 e. The number of para-hydroxylation sites is 1. The molecule has 0 aliphatic carbocycles. The zero-order valence-corrected chi connectivity index (χ0v) is 14.9. The first-order valence-corrected chi connectivity index (χ1v) is 9.80. The molecule has 0 spiro atoms. The van der Waals surface area contributed by atoms with E-state index in [1.54, 1.807) is 30.3 Å². The van der Waals surface area contributed by atoms with E-state index in [1.165, 1.54) is 0 Å². The molecule has 1 aliphatic rings. The molecule has 25 heavy (non-hydrogen) atoms. The van der Waals surface area contributed by atoms with Crippen molar-refractivity contribution in [2.75, 3.05) is 19.0 Å². The van der Waals surface area contributed by atoms with Crippen LogP contribution in [0.5, 0.6) is 5.75 Å². The number of benzene rings is 1. The molecular formula is C18H24O6S. The highest BCUT2D eigenvalue weighted by molar-refractivity contribution is 7.92. The SMILES string of the molecule is C/C(=C\c1ccccc1O)CC[C@@H](O)C1=C(CO)CS(=O)(=O)[C@H]1CO. The molecule has 1 aromatic carbocycles. The maximum Gasteiger partial charge on any atom is 0.163 e. The van der Waals surface area contributed by atoms with Gasteiger partial charge in [0.25, 0.3) is 0 Å². The van der Waals surface area contributed by atoms with Gasteiger partial charge < -0.3 is 20.4 Å². The predicted octanol–water partition coefficient (Wildman–Crippen LogP) is 1.01. The minimum absolute atomic E-state index is 0.162. The Kier molecular flexibility index (Phi) is 6.40. The van der Waals surface area contributed by atoms with Gasteiger partial charge in [0.05, 0.1) is 25.1 Å². The van der Waals surface area contributed by atoms with Crippen molar-refractivity contribution in [3.63, 3.8) is 0 Å². The maximum absolute atomic E-state index is 12.0. The molecule has 2 rings (SSSR count). The first kappa shape index (κ1) is 19.7. The highest BCUT2D eigenvalue weighted by Gasteiger charge is 2.40. The molecule has 4 N–H and O–H groups in total. The van der Waals surface area contributed by atoms with Gasteiger partial charge in [0.15, 0.2) is 9.84 Å². The summed E-state index contributed by atoms with van der Waals surface area (Å²) in [4.78, 5) is 0. The summed E-state index contributed by atoms with van der Waals surface area (Å²) in [5, 5.41) is 37.8. The normalized spacial score (nSPS) is 21.6. The summed E-state index contributed by atoms with van der Waals surface area (Å²) in [5.41, 5.74) is 2.07. The van der Waals surface area contributed by atoms with Crippen LogP contribution in [-0.2, 0) is 9.84 Å². The Balaban J connectivity index is 2.11. The molecule has 0 amide bonds. The van der Waals surface area contributed by atoms with Gasteiger partial charge in [0, 0.05) is 5.56 Å². The van der Waals surface area contributed by atoms with Gasteiger partial charge in [-0.3, -0.25) is 0 Å². The molecule has 1 heterocycles. The van der Waals surface area contributed by atoms with Crippen LogP contribution < -0.4 is 0 Å². The second-order valence-corrected chi connectivity index (χ2v) is 8.48. The highest BCUT2D eigenvalue weighted by Crippen LogP contribution is 2.31. The molecule has 0 aromatic heterocycles. The number of aromatic hydroxyl groups is 1. The van der Waals surface area contributed by atoms with Crippen molar-refractivity contribution >= 4 is 15.9 Å². The fourth-order valence-electron chi connectivity index (χ4n) is 3.11. The van der Waals surface area contributed by atoms with Crippen LogP contribution in [-0.4, -0.2) is 59.2 Å². The predicted molar refractivity (Wildman–Crippen MR) is 95.8 cm³/mol. The molecule has 0 bridgehead atoms. The van der Waals surface area contributed by atoms with Crippen LogP contribution in [0.25, 0.3) is 6.08 Å². The Labute approximate surface area is 147 Å². The third-order valence-corrected chi connectivity index (χ3v) is 6.45. The number of rotatable bonds is 7. The molecule has 0 fully saturated rings. The summed E-state index contributed by atoms with van der Waals surface area (Å²) in [6.45, 7) is 0.801. The molecule has 2 atom stereocenters. The van der Waals surface area contributed by atoms with Crippen LogP contribution in [0.3, 0.4) is 0 Å². The van der Waals surface area contributed by atoms with Crippen LogP contribution >= 0.6 is 0 Å². The van der Waals surface area contributed by atoms with Gasteiger partial charge >= 0.3 is 0 Å². The first-order chi connectivity index (χ1) is 11.8. The minimum Gasteiger partial charge on any atom is -0.507 e. The Bertz CT molecular complexity index is 779. The standard InChI is InChI=1S/C18H24O6S/c1-12(8-13-4-2-3-5-15(13)21)6-7-16(22)18-14(9-19)11-25(23,24)17(18)10-20/h2-5,8,16-17,19-22H,6-7,9-11H2,1H3/b12-8+/t16-,17+/m1/s1. The largest absolute Gasteiger partial charge is 0.507 e. The second kappa shape index (κ2) is 8.14. The van der Waals surface area contributed by atoms with Crippen molar-refractivity contribution in [1.82, 2.24) is 0 Å². The lowest BCUT2D eigenvalue weighted by Gasteiger charge is -2.19. The highest BCUT2D eigenvalue weighted by atomic mass is 32.2. The first-order valence-electron chi connectivity index (χ1n) is 8.08. The van der Waals surface area contributed by atoms with Crippen molar-refractivity contribution in [2.24, 2.45) is 0 Å². The van der Waals surface area contributed by atoms with E-state index in [0.29, 0.717) is 12.0 Å². The van der Waals surface area contributed by atoms with Gasteiger partial charge in [-0.15, -0.1) is 0 Å². The van der Waals surface area contributed by atoms with Crippen molar-refractivity contribution in [2.45, 2.75) is 31.1 Å². The zero-order chi connectivity index (χ0) is 18.6. The van der Waals surface area contributed by atoms with E-state index in [2.05, 4.69) is 0 Å². The Morgan fingerprint density at radius 3 is 2.60 bits per heavy atom. The number of phenols is 1. The van der Waals surface area contributed by atoms with Crippen molar-refractivity contribution in [3.05, 3.63) is 46.5 Å². The second-order valence-electron chi connectivity index (χ2n) is 6.30. The van der Waals surface area contributed by atoms with E-state index < -0.39 is 34.4 Å². The molecule has 1 aliphatic heterocycles. The summed E-state index contributed by atoms with van der Waals surface area (Å²) in [6, 6.07) is 6.89. The Hall–Kier alpha value is -1.67. The molecule has 0 radical (unpaired) electrons. The van der Waals surface area contributed by atoms with Crippen LogP contribution in [0.15, 0.2) is 41.0 Å². The summed E-state index contributed by atoms with van der Waals surface area (Å²) < 4.78 is 24.1. The fourth-order valence-corrected chi connectivity index (χ4v) is 5.00. The number of hydrogen-bond acceptors (Lipinski definition) is 6. The average molecular weight is 368 g/mol. The fraction of sp³-hybridized carbons (Fsp3) is 0.444. The van der Waals surface area contributed by atoms with E-state index in [0.717, 1.165) is 5.57 Å². The lowest BCUT2D eigenvalue weighted by molar-refractivity contribution is 0.186. The summed E-state index contributed by atoms with van der Waals surface area (Å²) in [6.07, 6.45) is 1.50. The zero-order valence-electron chi connectivity index (χ0n) is 14.1. The molecule has 6 nitrogen and oxygen atoms in total. The third-order valence-electron chi connectivity index (χ3n) is 4.43. The van der Waals surface area contributed by atoms with E-state index in [4.69, 9.17) is 0 Å². The van der Waals surface area contributed by atoms with Gasteiger partial charge in [-0.25, -0.2) is 8.42 Å². The molecule has 7 heteroatoms. The maximum atomic E-state index is 12.0. The van der Waals surface area contributed by atoms with Gasteiger partial charge in [0.2, 0.25) is 0 Å². The van der Waals surface area contributed by atoms with Gasteiger partial charge in [-0.1, -0.05) is 29.8 Å². The van der Waals surface area contributed by atoms with Crippen molar-refractivity contribution in [1.29, 1.82) is 0 Å². The van der Waals surface area contributed by atoms with Crippen LogP contribution in [0.2, 0.25) is 0 Å². The molecule has 0 saturated carbocycles. The number of sulfone groups is 1. The van der Waals surface area contributed by atoms with Crippen molar-refractivity contribution < 1.29 is 28.8 Å². The van der Waals surface area contributed by atoms with Gasteiger partial charge in [-0.2, -0.15) is 0 Å². The van der Waals surface area contributed by atoms with Gasteiger partial charge in [0.1, 0.15) is 11.0 Å². The Morgan fingerprint density at radius 2 is 2.00 bits per heavy atom. The van der Waals surface area contributed by atoms with E-state index in [9.17, 15) is 28.8 Å². The van der Waals surface area contributed by atoms with Crippen molar-refractivity contribution in [3.8, 4) is 5.75 Å². The molecule has 0 unspecified atom stereocenters. The van der Waals surface area contributed by atoms with Gasteiger partial charge in [-0.05, 0) is 37.0 Å². The minimum atomic E-state index is -3.58. The van der Waals surface area contributed by atoms with Crippen LogP contribution in [0, 0.1) is 0 Å². The van der Waals surface area contributed by atoms with E-state index >= 15 is 0 Å².